The monoisotopic (exact) mass is 364 g/mol. The molecule has 1 atom stereocenters. The smallest absolute Gasteiger partial charge is 0.335 e. The van der Waals surface area contributed by atoms with Gasteiger partial charge in [-0.3, -0.25) is 19.7 Å². The average molecular weight is 364 g/mol. The Kier molecular flexibility index (Phi) is 3.99. The number of imide groups is 1. The number of nitrogens with one attached hydrogen (secondary N) is 1. The molecule has 2 heterocycles. The highest BCUT2D eigenvalue weighted by molar-refractivity contribution is 6.06. The standard InChI is InChI=1S/C20H16N2O5/c23-17-9-8-16(18(24)21-17)22-10-15-13(2-1-3-14(15)19(22)25)11-4-6-12(7-5-11)20(26)27/h1-7,16H,8-10H2,(H,26,27)(H,21,23,24). The third-order valence-electron chi connectivity index (χ3n) is 5.02. The molecule has 0 radical (unpaired) electrons. The molecule has 4 rings (SSSR count). The van der Waals surface area contributed by atoms with E-state index in [4.69, 9.17) is 5.11 Å². The molecule has 0 aromatic heterocycles. The minimum Gasteiger partial charge on any atom is -0.478 e. The van der Waals surface area contributed by atoms with Crippen molar-refractivity contribution in [3.63, 3.8) is 0 Å². The second-order valence-electron chi connectivity index (χ2n) is 6.61. The van der Waals surface area contributed by atoms with Crippen LogP contribution >= 0.6 is 0 Å². The van der Waals surface area contributed by atoms with Gasteiger partial charge in [-0.25, -0.2) is 4.79 Å². The first-order valence-electron chi connectivity index (χ1n) is 8.56. The molecule has 7 nitrogen and oxygen atoms in total. The zero-order valence-corrected chi connectivity index (χ0v) is 14.3. The molecule has 1 unspecified atom stereocenters. The van der Waals surface area contributed by atoms with Crippen LogP contribution in [-0.4, -0.2) is 39.7 Å². The number of nitrogens with zero attached hydrogens (tertiary/aromatic N) is 1. The average Bonchev–Trinajstić information content (AvgIpc) is 2.98. The quantitative estimate of drug-likeness (QED) is 0.809. The van der Waals surface area contributed by atoms with Gasteiger partial charge in [0, 0.05) is 18.5 Å². The molecule has 2 N–H and O–H groups in total. The first-order valence-corrected chi connectivity index (χ1v) is 8.56. The summed E-state index contributed by atoms with van der Waals surface area (Å²) in [5, 5.41) is 11.3. The van der Waals surface area contributed by atoms with Gasteiger partial charge >= 0.3 is 5.97 Å². The molecule has 1 fully saturated rings. The van der Waals surface area contributed by atoms with Crippen LogP contribution in [0.3, 0.4) is 0 Å². The van der Waals surface area contributed by atoms with Gasteiger partial charge in [0.05, 0.1) is 5.56 Å². The van der Waals surface area contributed by atoms with E-state index in [1.54, 1.807) is 24.3 Å². The summed E-state index contributed by atoms with van der Waals surface area (Å²) in [6.45, 7) is 0.275. The van der Waals surface area contributed by atoms with Gasteiger partial charge in [-0.1, -0.05) is 24.3 Å². The first kappa shape index (κ1) is 17.0. The molecule has 2 aromatic carbocycles. The second-order valence-corrected chi connectivity index (χ2v) is 6.61. The van der Waals surface area contributed by atoms with E-state index in [2.05, 4.69) is 5.32 Å². The van der Waals surface area contributed by atoms with E-state index in [1.165, 1.54) is 17.0 Å². The number of amides is 3. The number of piperidine rings is 1. The number of carboxylic acids is 1. The highest BCUT2D eigenvalue weighted by Crippen LogP contribution is 2.34. The van der Waals surface area contributed by atoms with Crippen molar-refractivity contribution in [3.8, 4) is 11.1 Å². The van der Waals surface area contributed by atoms with Crippen molar-refractivity contribution in [1.82, 2.24) is 10.2 Å². The second kappa shape index (κ2) is 6.35. The van der Waals surface area contributed by atoms with E-state index in [9.17, 15) is 19.2 Å². The summed E-state index contributed by atoms with van der Waals surface area (Å²) in [5.74, 6) is -2.00. The Hall–Kier alpha value is -3.48. The minimum absolute atomic E-state index is 0.188. The molecule has 0 aliphatic carbocycles. The van der Waals surface area contributed by atoms with Gasteiger partial charge in [-0.2, -0.15) is 0 Å². The SMILES string of the molecule is O=C1CCC(N2Cc3c(cccc3-c3ccc(C(=O)O)cc3)C2=O)C(=O)N1. The van der Waals surface area contributed by atoms with E-state index in [0.29, 0.717) is 12.0 Å². The highest BCUT2D eigenvalue weighted by Gasteiger charge is 2.39. The van der Waals surface area contributed by atoms with Crippen molar-refractivity contribution in [2.24, 2.45) is 0 Å². The lowest BCUT2D eigenvalue weighted by molar-refractivity contribution is -0.136. The fourth-order valence-electron chi connectivity index (χ4n) is 3.65. The fourth-order valence-corrected chi connectivity index (χ4v) is 3.65. The Bertz CT molecular complexity index is 980. The summed E-state index contributed by atoms with van der Waals surface area (Å²) in [4.78, 5) is 48.9. The Balaban J connectivity index is 1.68. The Labute approximate surface area is 154 Å². The van der Waals surface area contributed by atoms with Gasteiger partial charge in [0.1, 0.15) is 6.04 Å². The number of aromatic carboxylic acids is 1. The van der Waals surface area contributed by atoms with Crippen LogP contribution in [0.1, 0.15) is 39.1 Å². The molecule has 3 amide bonds. The molecule has 2 aromatic rings. The molecular formula is C20H16N2O5. The molecule has 7 heteroatoms. The van der Waals surface area contributed by atoms with E-state index in [0.717, 1.165) is 16.7 Å². The summed E-state index contributed by atoms with van der Waals surface area (Å²) < 4.78 is 0. The van der Waals surface area contributed by atoms with E-state index in [-0.39, 0.29) is 30.3 Å². The van der Waals surface area contributed by atoms with E-state index >= 15 is 0 Å². The van der Waals surface area contributed by atoms with Crippen LogP contribution in [0.2, 0.25) is 0 Å². The molecule has 2 aliphatic heterocycles. The molecule has 0 saturated carbocycles. The predicted octanol–water partition coefficient (Wildman–Crippen LogP) is 1.81. The fraction of sp³-hybridized carbons (Fsp3) is 0.200. The first-order chi connectivity index (χ1) is 13.0. The maximum atomic E-state index is 12.8. The molecule has 27 heavy (non-hydrogen) atoms. The van der Waals surface area contributed by atoms with Crippen molar-refractivity contribution >= 4 is 23.7 Å². The van der Waals surface area contributed by atoms with Crippen LogP contribution in [0.4, 0.5) is 0 Å². The van der Waals surface area contributed by atoms with Gasteiger partial charge in [0.15, 0.2) is 0 Å². The molecule has 0 spiro atoms. The van der Waals surface area contributed by atoms with Crippen LogP contribution in [0.15, 0.2) is 42.5 Å². The lowest BCUT2D eigenvalue weighted by Gasteiger charge is -2.29. The zero-order valence-electron chi connectivity index (χ0n) is 14.3. The van der Waals surface area contributed by atoms with Crippen LogP contribution in [0, 0.1) is 0 Å². The third-order valence-corrected chi connectivity index (χ3v) is 5.02. The summed E-state index contributed by atoms with van der Waals surface area (Å²) in [6, 6.07) is 11.2. The van der Waals surface area contributed by atoms with Gasteiger partial charge in [0.25, 0.3) is 5.91 Å². The third kappa shape index (κ3) is 2.87. The van der Waals surface area contributed by atoms with Gasteiger partial charge in [-0.05, 0) is 41.3 Å². The Morgan fingerprint density at radius 1 is 1.04 bits per heavy atom. The maximum absolute atomic E-state index is 12.8. The Morgan fingerprint density at radius 2 is 1.74 bits per heavy atom. The molecule has 136 valence electrons. The van der Waals surface area contributed by atoms with Crippen molar-refractivity contribution in [2.75, 3.05) is 0 Å². The number of hydrogen-bond donors (Lipinski definition) is 2. The van der Waals surface area contributed by atoms with Gasteiger partial charge < -0.3 is 10.0 Å². The molecule has 1 saturated heterocycles. The topological polar surface area (TPSA) is 104 Å². The lowest BCUT2D eigenvalue weighted by atomic mass is 9.96. The maximum Gasteiger partial charge on any atom is 0.335 e. The number of rotatable bonds is 3. The number of hydrogen-bond acceptors (Lipinski definition) is 4. The molecule has 2 aliphatic rings. The largest absolute Gasteiger partial charge is 0.478 e. The van der Waals surface area contributed by atoms with E-state index < -0.39 is 17.9 Å². The zero-order chi connectivity index (χ0) is 19.1. The molecular weight excluding hydrogens is 348 g/mol. The number of benzene rings is 2. The summed E-state index contributed by atoms with van der Waals surface area (Å²) >= 11 is 0. The summed E-state index contributed by atoms with van der Waals surface area (Å²) in [5.41, 5.74) is 3.14. The highest BCUT2D eigenvalue weighted by atomic mass is 16.4. The minimum atomic E-state index is -1.00. The van der Waals surface area contributed by atoms with Crippen molar-refractivity contribution < 1.29 is 24.3 Å². The normalized spacial score (nSPS) is 19.0. The Morgan fingerprint density at radius 3 is 2.41 bits per heavy atom. The predicted molar refractivity (Wildman–Crippen MR) is 94.9 cm³/mol. The van der Waals surface area contributed by atoms with Crippen LogP contribution < -0.4 is 5.32 Å². The van der Waals surface area contributed by atoms with Gasteiger partial charge in [-0.15, -0.1) is 0 Å². The van der Waals surface area contributed by atoms with Crippen LogP contribution in [-0.2, 0) is 16.1 Å². The molecule has 0 bridgehead atoms. The van der Waals surface area contributed by atoms with Crippen molar-refractivity contribution in [1.29, 1.82) is 0 Å². The number of carbonyl (C=O) groups is 4. The summed E-state index contributed by atoms with van der Waals surface area (Å²) in [7, 11) is 0. The van der Waals surface area contributed by atoms with Crippen LogP contribution in [0.5, 0.6) is 0 Å². The van der Waals surface area contributed by atoms with E-state index in [1.807, 2.05) is 6.07 Å². The summed E-state index contributed by atoms with van der Waals surface area (Å²) in [6.07, 6.45) is 0.521. The van der Waals surface area contributed by atoms with Crippen LogP contribution in [0.25, 0.3) is 11.1 Å². The van der Waals surface area contributed by atoms with Crippen molar-refractivity contribution in [2.45, 2.75) is 25.4 Å². The van der Waals surface area contributed by atoms with Crippen molar-refractivity contribution in [3.05, 3.63) is 59.2 Å². The lowest BCUT2D eigenvalue weighted by Crippen LogP contribution is -2.52. The van der Waals surface area contributed by atoms with Gasteiger partial charge in [0.2, 0.25) is 11.8 Å². The number of fused-ring (bicyclic) bond motifs is 1. The number of carbonyl (C=O) groups excluding carboxylic acids is 3. The number of carboxylic acid groups (broad SMARTS) is 1.